The Hall–Kier alpha value is -1.17. The van der Waals surface area contributed by atoms with Gasteiger partial charge >= 0.3 is 0 Å². The minimum atomic E-state index is 0.120. The molecule has 0 saturated carbocycles. The lowest BCUT2D eigenvalue weighted by molar-refractivity contribution is -0.00461. The molecule has 1 saturated heterocycles. The predicted octanol–water partition coefficient (Wildman–Crippen LogP) is 1.74. The molecule has 1 N–H and O–H groups in total. The fourth-order valence-corrected chi connectivity index (χ4v) is 2.71. The van der Waals surface area contributed by atoms with E-state index in [1.54, 1.807) is 14.2 Å². The standard InChI is InChI=1S/C16H27N3O2/c1-11(2)17-7-13-8-18-12(3)6-14(13)19-9-15(20-4)16(10-19)21-5/h6,8,11,15-17H,7,9-10H2,1-5H3. The van der Waals surface area contributed by atoms with E-state index in [0.717, 1.165) is 25.3 Å². The number of nitrogens with zero attached hydrogens (tertiary/aromatic N) is 2. The minimum absolute atomic E-state index is 0.120. The summed E-state index contributed by atoms with van der Waals surface area (Å²) in [7, 11) is 3.50. The van der Waals surface area contributed by atoms with Gasteiger partial charge in [0.05, 0.1) is 0 Å². The number of nitrogens with one attached hydrogen (secondary N) is 1. The lowest BCUT2D eigenvalue weighted by Crippen LogP contribution is -2.27. The Labute approximate surface area is 127 Å². The maximum atomic E-state index is 5.54. The summed E-state index contributed by atoms with van der Waals surface area (Å²) in [5.74, 6) is 0. The molecule has 0 bridgehead atoms. The average Bonchev–Trinajstić information content (AvgIpc) is 2.88. The molecular formula is C16H27N3O2. The van der Waals surface area contributed by atoms with E-state index in [4.69, 9.17) is 9.47 Å². The van der Waals surface area contributed by atoms with Crippen LogP contribution in [-0.4, -0.2) is 50.5 Å². The first-order chi connectivity index (χ1) is 10.0. The van der Waals surface area contributed by atoms with Gasteiger partial charge in [-0.05, 0) is 13.0 Å². The molecule has 0 radical (unpaired) electrons. The van der Waals surface area contributed by atoms with Crippen molar-refractivity contribution >= 4 is 5.69 Å². The molecule has 118 valence electrons. The number of hydrogen-bond acceptors (Lipinski definition) is 5. The maximum absolute atomic E-state index is 5.54. The zero-order chi connectivity index (χ0) is 15.4. The molecule has 1 aliphatic rings. The van der Waals surface area contributed by atoms with Crippen LogP contribution >= 0.6 is 0 Å². The van der Waals surface area contributed by atoms with Crippen LogP contribution in [0.25, 0.3) is 0 Å². The van der Waals surface area contributed by atoms with E-state index in [-0.39, 0.29) is 12.2 Å². The molecule has 5 heteroatoms. The van der Waals surface area contributed by atoms with Crippen molar-refractivity contribution in [2.24, 2.45) is 0 Å². The van der Waals surface area contributed by atoms with Crippen molar-refractivity contribution in [3.8, 4) is 0 Å². The zero-order valence-corrected chi connectivity index (χ0v) is 13.7. The Morgan fingerprint density at radius 1 is 1.29 bits per heavy atom. The Morgan fingerprint density at radius 3 is 2.43 bits per heavy atom. The molecule has 0 spiro atoms. The highest BCUT2D eigenvalue weighted by Crippen LogP contribution is 2.27. The summed E-state index contributed by atoms with van der Waals surface area (Å²) in [5.41, 5.74) is 3.49. The van der Waals surface area contributed by atoms with Crippen LogP contribution in [0.1, 0.15) is 25.1 Å². The number of aryl methyl sites for hydroxylation is 1. The topological polar surface area (TPSA) is 46.6 Å². The first-order valence-electron chi connectivity index (χ1n) is 7.54. The van der Waals surface area contributed by atoms with Gasteiger partial charge in [0.2, 0.25) is 0 Å². The van der Waals surface area contributed by atoms with Gasteiger partial charge in [-0.25, -0.2) is 0 Å². The molecule has 2 rings (SSSR count). The van der Waals surface area contributed by atoms with Gasteiger partial charge in [0.1, 0.15) is 12.2 Å². The fourth-order valence-electron chi connectivity index (χ4n) is 2.71. The third-order valence-electron chi connectivity index (χ3n) is 3.96. The summed E-state index contributed by atoms with van der Waals surface area (Å²) in [5, 5.41) is 3.47. The van der Waals surface area contributed by atoms with Crippen LogP contribution in [-0.2, 0) is 16.0 Å². The Balaban J connectivity index is 2.20. The number of hydrogen-bond donors (Lipinski definition) is 1. The number of ether oxygens (including phenoxy) is 2. The Kier molecular flexibility index (Phi) is 5.56. The van der Waals surface area contributed by atoms with Gasteiger partial charge < -0.3 is 19.7 Å². The lowest BCUT2D eigenvalue weighted by Gasteiger charge is -2.22. The summed E-state index contributed by atoms with van der Waals surface area (Å²) in [6.07, 6.45) is 2.21. The van der Waals surface area contributed by atoms with Crippen LogP contribution < -0.4 is 10.2 Å². The van der Waals surface area contributed by atoms with Crippen LogP contribution in [0.3, 0.4) is 0 Å². The molecular weight excluding hydrogens is 266 g/mol. The first-order valence-corrected chi connectivity index (χ1v) is 7.54. The lowest BCUT2D eigenvalue weighted by atomic mass is 10.2. The first kappa shape index (κ1) is 16.2. The van der Waals surface area contributed by atoms with Gasteiger partial charge in [0, 0.05) is 63.0 Å². The molecule has 5 nitrogen and oxygen atoms in total. The van der Waals surface area contributed by atoms with Gasteiger partial charge in [0.25, 0.3) is 0 Å². The number of pyridine rings is 1. The van der Waals surface area contributed by atoms with Crippen LogP contribution in [0.4, 0.5) is 5.69 Å². The van der Waals surface area contributed by atoms with E-state index in [2.05, 4.69) is 35.1 Å². The Morgan fingerprint density at radius 2 is 1.90 bits per heavy atom. The van der Waals surface area contributed by atoms with Crippen molar-refractivity contribution in [1.82, 2.24) is 10.3 Å². The Bertz CT molecular complexity index is 453. The number of anilines is 1. The van der Waals surface area contributed by atoms with Gasteiger partial charge in [0.15, 0.2) is 0 Å². The normalized spacial score (nSPS) is 22.3. The zero-order valence-electron chi connectivity index (χ0n) is 13.7. The van der Waals surface area contributed by atoms with Gasteiger partial charge in [-0.3, -0.25) is 4.98 Å². The van der Waals surface area contributed by atoms with Gasteiger partial charge in [-0.2, -0.15) is 0 Å². The average molecular weight is 293 g/mol. The highest BCUT2D eigenvalue weighted by molar-refractivity contribution is 5.55. The molecule has 0 aromatic carbocycles. The second-order valence-electron chi connectivity index (χ2n) is 5.94. The van der Waals surface area contributed by atoms with E-state index in [0.29, 0.717) is 6.04 Å². The van der Waals surface area contributed by atoms with E-state index in [1.807, 2.05) is 13.1 Å². The SMILES string of the molecule is COC1CN(c2cc(C)ncc2CNC(C)C)CC1OC. The molecule has 0 amide bonds. The van der Waals surface area contributed by atoms with Crippen LogP contribution in [0.5, 0.6) is 0 Å². The van der Waals surface area contributed by atoms with E-state index < -0.39 is 0 Å². The second-order valence-corrected chi connectivity index (χ2v) is 5.94. The largest absolute Gasteiger partial charge is 0.377 e. The van der Waals surface area contributed by atoms with E-state index in [1.165, 1.54) is 11.3 Å². The van der Waals surface area contributed by atoms with Gasteiger partial charge in [-0.1, -0.05) is 13.8 Å². The highest BCUT2D eigenvalue weighted by Gasteiger charge is 2.33. The predicted molar refractivity (Wildman–Crippen MR) is 84.8 cm³/mol. The van der Waals surface area contributed by atoms with E-state index >= 15 is 0 Å². The molecule has 21 heavy (non-hydrogen) atoms. The minimum Gasteiger partial charge on any atom is -0.377 e. The summed E-state index contributed by atoms with van der Waals surface area (Å²) in [4.78, 5) is 6.78. The summed E-state index contributed by atoms with van der Waals surface area (Å²) >= 11 is 0. The van der Waals surface area contributed by atoms with Crippen LogP contribution in [0.15, 0.2) is 12.3 Å². The van der Waals surface area contributed by atoms with E-state index in [9.17, 15) is 0 Å². The molecule has 1 aliphatic heterocycles. The van der Waals surface area contributed by atoms with Crippen molar-refractivity contribution in [2.75, 3.05) is 32.2 Å². The number of aromatic nitrogens is 1. The highest BCUT2D eigenvalue weighted by atomic mass is 16.5. The van der Waals surface area contributed by atoms with Gasteiger partial charge in [-0.15, -0.1) is 0 Å². The fraction of sp³-hybridized carbons (Fsp3) is 0.688. The van der Waals surface area contributed by atoms with Crippen LogP contribution in [0, 0.1) is 6.92 Å². The smallest absolute Gasteiger partial charge is 0.102 e. The summed E-state index contributed by atoms with van der Waals surface area (Å²) in [6, 6.07) is 2.61. The molecule has 0 aliphatic carbocycles. The molecule has 2 unspecified atom stereocenters. The third-order valence-corrected chi connectivity index (χ3v) is 3.96. The van der Waals surface area contributed by atoms with Crippen molar-refractivity contribution in [3.63, 3.8) is 0 Å². The molecule has 2 heterocycles. The number of rotatable bonds is 6. The van der Waals surface area contributed by atoms with Crippen molar-refractivity contribution < 1.29 is 9.47 Å². The van der Waals surface area contributed by atoms with Crippen LogP contribution in [0.2, 0.25) is 0 Å². The molecule has 2 atom stereocenters. The second kappa shape index (κ2) is 7.20. The van der Waals surface area contributed by atoms with Crippen molar-refractivity contribution in [3.05, 3.63) is 23.5 Å². The monoisotopic (exact) mass is 293 g/mol. The molecule has 1 aromatic rings. The maximum Gasteiger partial charge on any atom is 0.102 e. The molecule has 1 fully saturated rings. The summed E-state index contributed by atoms with van der Waals surface area (Å²) in [6.45, 7) is 8.87. The van der Waals surface area contributed by atoms with Crippen molar-refractivity contribution in [2.45, 2.75) is 45.6 Å². The summed E-state index contributed by atoms with van der Waals surface area (Å²) < 4.78 is 11.1. The number of methoxy groups -OCH3 is 2. The quantitative estimate of drug-likeness (QED) is 0.865. The molecule has 1 aromatic heterocycles. The van der Waals surface area contributed by atoms with Crippen molar-refractivity contribution in [1.29, 1.82) is 0 Å². The third kappa shape index (κ3) is 3.93.